The molecule has 2 rings (SSSR count). The number of carbonyl (C=O) groups excluding carboxylic acids is 1. The van der Waals surface area contributed by atoms with Crippen LogP contribution in [0.1, 0.15) is 25.9 Å². The third-order valence-corrected chi connectivity index (χ3v) is 3.83. The van der Waals surface area contributed by atoms with E-state index >= 15 is 0 Å². The molecule has 110 valence electrons. The van der Waals surface area contributed by atoms with Crippen LogP contribution in [-0.2, 0) is 6.42 Å². The number of nitrogens with one attached hydrogen (secondary N) is 1. The fraction of sp³-hybridized carbons (Fsp3) is 0.154. The third-order valence-electron chi connectivity index (χ3n) is 2.61. The number of amides is 1. The van der Waals surface area contributed by atoms with Crippen LogP contribution in [0.25, 0.3) is 0 Å². The van der Waals surface area contributed by atoms with E-state index < -0.39 is 11.9 Å². The van der Waals surface area contributed by atoms with Crippen LogP contribution in [-0.4, -0.2) is 28.5 Å². The molecule has 0 aliphatic heterocycles. The molecule has 0 aliphatic rings. The predicted octanol–water partition coefficient (Wildman–Crippen LogP) is 2.25. The van der Waals surface area contributed by atoms with Crippen molar-refractivity contribution in [3.8, 4) is 0 Å². The van der Waals surface area contributed by atoms with E-state index in [1.807, 2.05) is 0 Å². The number of aromatic nitrogens is 1. The highest BCUT2D eigenvalue weighted by molar-refractivity contribution is 7.09. The first-order valence-electron chi connectivity index (χ1n) is 6.00. The van der Waals surface area contributed by atoms with Crippen LogP contribution >= 0.6 is 22.9 Å². The standard InChI is InChI=1S/C13H12ClN3O3S/c14-8-5-7(13(19)20)1-2-9(8)17-12(18)10-6-21-11(16-10)3-4-15/h1-2,5-6H,3-4,15H2,(H,17,18)(H,19,20). The Bertz CT molecular complexity index is 687. The first kappa shape index (κ1) is 15.4. The molecule has 1 heterocycles. The van der Waals surface area contributed by atoms with Crippen molar-refractivity contribution in [2.75, 3.05) is 11.9 Å². The molecule has 0 saturated heterocycles. The number of rotatable bonds is 5. The summed E-state index contributed by atoms with van der Waals surface area (Å²) in [6.07, 6.45) is 0.617. The Morgan fingerprint density at radius 1 is 1.43 bits per heavy atom. The topological polar surface area (TPSA) is 105 Å². The fourth-order valence-corrected chi connectivity index (χ4v) is 2.61. The van der Waals surface area contributed by atoms with Gasteiger partial charge in [-0.15, -0.1) is 11.3 Å². The zero-order valence-corrected chi connectivity index (χ0v) is 12.4. The number of nitrogens with two attached hydrogens (primary N) is 1. The number of carboxylic acids is 1. The van der Waals surface area contributed by atoms with Crippen molar-refractivity contribution in [3.05, 3.63) is 44.9 Å². The normalized spacial score (nSPS) is 10.4. The van der Waals surface area contributed by atoms with Gasteiger partial charge < -0.3 is 16.2 Å². The van der Waals surface area contributed by atoms with Crippen molar-refractivity contribution in [3.63, 3.8) is 0 Å². The number of thiazole rings is 1. The first-order chi connectivity index (χ1) is 10.0. The zero-order valence-electron chi connectivity index (χ0n) is 10.8. The van der Waals surface area contributed by atoms with Gasteiger partial charge >= 0.3 is 5.97 Å². The van der Waals surface area contributed by atoms with Crippen molar-refractivity contribution < 1.29 is 14.7 Å². The molecule has 0 bridgehead atoms. The zero-order chi connectivity index (χ0) is 15.4. The number of benzene rings is 1. The Hall–Kier alpha value is -1.96. The minimum atomic E-state index is -1.08. The Morgan fingerprint density at radius 2 is 2.19 bits per heavy atom. The highest BCUT2D eigenvalue weighted by atomic mass is 35.5. The lowest BCUT2D eigenvalue weighted by atomic mass is 10.2. The maximum Gasteiger partial charge on any atom is 0.335 e. The van der Waals surface area contributed by atoms with E-state index in [1.54, 1.807) is 5.38 Å². The third kappa shape index (κ3) is 3.78. The van der Waals surface area contributed by atoms with Gasteiger partial charge in [-0.2, -0.15) is 0 Å². The van der Waals surface area contributed by atoms with Gasteiger partial charge in [0.25, 0.3) is 5.91 Å². The highest BCUT2D eigenvalue weighted by Gasteiger charge is 2.13. The van der Waals surface area contributed by atoms with Crippen molar-refractivity contribution in [1.82, 2.24) is 4.98 Å². The lowest BCUT2D eigenvalue weighted by molar-refractivity contribution is 0.0696. The van der Waals surface area contributed by atoms with Crippen molar-refractivity contribution in [2.24, 2.45) is 5.73 Å². The Kier molecular flexibility index (Phi) is 4.89. The van der Waals surface area contributed by atoms with Gasteiger partial charge in [-0.1, -0.05) is 11.6 Å². The number of anilines is 1. The van der Waals surface area contributed by atoms with Crippen molar-refractivity contribution in [1.29, 1.82) is 0 Å². The number of carbonyl (C=O) groups is 2. The molecular formula is C13H12ClN3O3S. The predicted molar refractivity (Wildman–Crippen MR) is 81.2 cm³/mol. The minimum absolute atomic E-state index is 0.0527. The van der Waals surface area contributed by atoms with Crippen LogP contribution < -0.4 is 11.1 Å². The maximum atomic E-state index is 12.0. The van der Waals surface area contributed by atoms with E-state index in [0.717, 1.165) is 5.01 Å². The van der Waals surface area contributed by atoms with Gasteiger partial charge in [-0.05, 0) is 24.7 Å². The number of nitrogens with zero attached hydrogens (tertiary/aromatic N) is 1. The average molecular weight is 326 g/mol. The van der Waals surface area contributed by atoms with Crippen molar-refractivity contribution in [2.45, 2.75) is 6.42 Å². The van der Waals surface area contributed by atoms with E-state index in [0.29, 0.717) is 18.7 Å². The molecule has 0 aliphatic carbocycles. The summed E-state index contributed by atoms with van der Waals surface area (Å²) in [6.45, 7) is 0.469. The summed E-state index contributed by atoms with van der Waals surface area (Å²) in [6, 6.07) is 4.09. The summed E-state index contributed by atoms with van der Waals surface area (Å²) in [4.78, 5) is 27.0. The van der Waals surface area contributed by atoms with Crippen LogP contribution in [0.3, 0.4) is 0 Å². The number of hydrogen-bond acceptors (Lipinski definition) is 5. The van der Waals surface area contributed by atoms with Gasteiger partial charge in [0.2, 0.25) is 0 Å². The lowest BCUT2D eigenvalue weighted by Crippen LogP contribution is -2.13. The number of aromatic carboxylic acids is 1. The molecule has 0 spiro atoms. The molecular weight excluding hydrogens is 314 g/mol. The van der Waals surface area contributed by atoms with E-state index in [9.17, 15) is 9.59 Å². The molecule has 0 saturated carbocycles. The summed E-state index contributed by atoms with van der Waals surface area (Å²) in [7, 11) is 0. The summed E-state index contributed by atoms with van der Waals surface area (Å²) in [5, 5.41) is 14.0. The van der Waals surface area contributed by atoms with Crippen molar-refractivity contribution >= 4 is 40.5 Å². The summed E-state index contributed by atoms with van der Waals surface area (Å²) < 4.78 is 0. The Labute approximate surface area is 129 Å². The molecule has 8 heteroatoms. The molecule has 2 aromatic rings. The van der Waals surface area contributed by atoms with Crippen LogP contribution in [0, 0.1) is 0 Å². The van der Waals surface area contributed by atoms with E-state index in [1.165, 1.54) is 29.5 Å². The number of halogens is 1. The average Bonchev–Trinajstić information content (AvgIpc) is 2.90. The molecule has 0 atom stereocenters. The Balaban J connectivity index is 2.13. The quantitative estimate of drug-likeness (QED) is 0.782. The van der Waals surface area contributed by atoms with E-state index in [4.69, 9.17) is 22.4 Å². The summed E-state index contributed by atoms with van der Waals surface area (Å²) in [5.41, 5.74) is 6.09. The minimum Gasteiger partial charge on any atom is -0.478 e. The molecule has 6 nitrogen and oxygen atoms in total. The highest BCUT2D eigenvalue weighted by Crippen LogP contribution is 2.24. The lowest BCUT2D eigenvalue weighted by Gasteiger charge is -2.06. The molecule has 21 heavy (non-hydrogen) atoms. The molecule has 0 fully saturated rings. The van der Waals surface area contributed by atoms with Gasteiger partial charge in [0.05, 0.1) is 21.3 Å². The van der Waals surface area contributed by atoms with E-state index in [-0.39, 0.29) is 16.3 Å². The first-order valence-corrected chi connectivity index (χ1v) is 7.25. The second-order valence-corrected chi connectivity index (χ2v) is 5.47. The van der Waals surface area contributed by atoms with Gasteiger partial charge in [-0.25, -0.2) is 9.78 Å². The smallest absolute Gasteiger partial charge is 0.335 e. The molecule has 1 amide bonds. The van der Waals surface area contributed by atoms with Crippen LogP contribution in [0.2, 0.25) is 5.02 Å². The van der Waals surface area contributed by atoms with Gasteiger partial charge in [-0.3, -0.25) is 4.79 Å². The van der Waals surface area contributed by atoms with Crippen LogP contribution in [0.4, 0.5) is 5.69 Å². The fourth-order valence-electron chi connectivity index (χ4n) is 1.59. The molecule has 0 unspecified atom stereocenters. The SMILES string of the molecule is NCCc1nc(C(=O)Nc2ccc(C(=O)O)cc2Cl)cs1. The largest absolute Gasteiger partial charge is 0.478 e. The van der Waals surface area contributed by atoms with E-state index in [2.05, 4.69) is 10.3 Å². The second-order valence-electron chi connectivity index (χ2n) is 4.12. The summed E-state index contributed by atoms with van der Waals surface area (Å²) >= 11 is 7.31. The monoisotopic (exact) mass is 325 g/mol. The number of carboxylic acid groups (broad SMARTS) is 1. The second kappa shape index (κ2) is 6.66. The molecule has 4 N–H and O–H groups in total. The molecule has 0 radical (unpaired) electrons. The maximum absolute atomic E-state index is 12.0. The van der Waals surface area contributed by atoms with Crippen LogP contribution in [0.15, 0.2) is 23.6 Å². The molecule has 1 aromatic carbocycles. The van der Waals surface area contributed by atoms with Gasteiger partial charge in [0, 0.05) is 11.8 Å². The van der Waals surface area contributed by atoms with Gasteiger partial charge in [0.1, 0.15) is 5.69 Å². The Morgan fingerprint density at radius 3 is 2.81 bits per heavy atom. The van der Waals surface area contributed by atoms with Gasteiger partial charge in [0.15, 0.2) is 0 Å². The number of hydrogen-bond donors (Lipinski definition) is 3. The van der Waals surface area contributed by atoms with Crippen LogP contribution in [0.5, 0.6) is 0 Å². The summed E-state index contributed by atoms with van der Waals surface area (Å²) in [5.74, 6) is -1.49. The molecule has 1 aromatic heterocycles.